The lowest BCUT2D eigenvalue weighted by Crippen LogP contribution is -2.45. The molecule has 5 rings (SSSR count). The van der Waals surface area contributed by atoms with Gasteiger partial charge in [-0.3, -0.25) is 9.69 Å². The SMILES string of the molecule is O=C(NC1CCC1)c1nnc2n1CC1(CC2)CCN(Cc2cccc(F)c2)CC1. The fourth-order valence-electron chi connectivity index (χ4n) is 4.94. The molecule has 1 amide bonds. The number of likely N-dealkylation sites (tertiary alicyclic amines) is 1. The highest BCUT2D eigenvalue weighted by atomic mass is 19.1. The highest BCUT2D eigenvalue weighted by Crippen LogP contribution is 2.41. The van der Waals surface area contributed by atoms with E-state index in [9.17, 15) is 9.18 Å². The molecule has 0 radical (unpaired) electrons. The molecule has 1 aliphatic carbocycles. The van der Waals surface area contributed by atoms with E-state index in [0.717, 1.165) is 76.1 Å². The van der Waals surface area contributed by atoms with Gasteiger partial charge in [-0.15, -0.1) is 10.2 Å². The van der Waals surface area contributed by atoms with E-state index < -0.39 is 0 Å². The average Bonchev–Trinajstić information content (AvgIpc) is 3.10. The van der Waals surface area contributed by atoms with Crippen LogP contribution >= 0.6 is 0 Å². The molecule has 6 nitrogen and oxygen atoms in total. The predicted octanol–water partition coefficient (Wildman–Crippen LogP) is 2.93. The third-order valence-electron chi connectivity index (χ3n) is 7.06. The Morgan fingerprint density at radius 2 is 2.03 bits per heavy atom. The maximum Gasteiger partial charge on any atom is 0.289 e. The second kappa shape index (κ2) is 7.52. The number of nitrogens with one attached hydrogen (secondary N) is 1. The molecule has 2 aliphatic heterocycles. The van der Waals surface area contributed by atoms with E-state index in [2.05, 4.69) is 25.0 Å². The van der Waals surface area contributed by atoms with Crippen LogP contribution < -0.4 is 5.32 Å². The Bertz CT molecular complexity index is 898. The van der Waals surface area contributed by atoms with Crippen LogP contribution in [0.25, 0.3) is 0 Å². The summed E-state index contributed by atoms with van der Waals surface area (Å²) >= 11 is 0. The average molecular weight is 397 g/mol. The Hall–Kier alpha value is -2.28. The van der Waals surface area contributed by atoms with Crippen LogP contribution in [0, 0.1) is 11.2 Å². The molecule has 3 aliphatic rings. The van der Waals surface area contributed by atoms with Crippen molar-refractivity contribution in [3.8, 4) is 0 Å². The number of rotatable bonds is 4. The van der Waals surface area contributed by atoms with Crippen molar-refractivity contribution in [1.29, 1.82) is 0 Å². The monoisotopic (exact) mass is 397 g/mol. The second-order valence-corrected chi connectivity index (χ2v) is 9.03. The summed E-state index contributed by atoms with van der Waals surface area (Å²) in [6, 6.07) is 7.19. The van der Waals surface area contributed by atoms with Gasteiger partial charge in [0, 0.05) is 25.6 Å². The molecule has 154 valence electrons. The van der Waals surface area contributed by atoms with Crippen LogP contribution in [-0.2, 0) is 19.5 Å². The number of hydrogen-bond donors (Lipinski definition) is 1. The molecular formula is C22H28FN5O. The molecular weight excluding hydrogens is 369 g/mol. The van der Waals surface area contributed by atoms with Gasteiger partial charge in [-0.25, -0.2) is 4.39 Å². The van der Waals surface area contributed by atoms with Crippen molar-refractivity contribution in [2.75, 3.05) is 13.1 Å². The molecule has 3 heterocycles. The fourth-order valence-corrected chi connectivity index (χ4v) is 4.94. The summed E-state index contributed by atoms with van der Waals surface area (Å²) in [5, 5.41) is 11.6. The van der Waals surface area contributed by atoms with Gasteiger partial charge in [-0.1, -0.05) is 12.1 Å². The molecule has 29 heavy (non-hydrogen) atoms. The predicted molar refractivity (Wildman–Crippen MR) is 107 cm³/mol. The Morgan fingerprint density at radius 3 is 2.76 bits per heavy atom. The van der Waals surface area contributed by atoms with Gasteiger partial charge >= 0.3 is 0 Å². The standard InChI is InChI=1S/C22H28FN5O/c23-17-4-1-3-16(13-17)14-27-11-9-22(10-12-27)8-7-19-25-26-20(28(19)15-22)21(29)24-18-5-2-6-18/h1,3-4,13,18H,2,5-12,14-15H2,(H,24,29). The molecule has 2 fully saturated rings. The number of amides is 1. The maximum absolute atomic E-state index is 13.5. The lowest BCUT2D eigenvalue weighted by atomic mass is 9.73. The van der Waals surface area contributed by atoms with Crippen LogP contribution in [0.2, 0.25) is 0 Å². The maximum atomic E-state index is 13.5. The molecule has 1 aromatic heterocycles. The summed E-state index contributed by atoms with van der Waals surface area (Å²) in [6.07, 6.45) is 7.48. The zero-order chi connectivity index (χ0) is 19.8. The minimum Gasteiger partial charge on any atom is -0.347 e. The first-order valence-electron chi connectivity index (χ1n) is 10.8. The van der Waals surface area contributed by atoms with Gasteiger partial charge in [0.2, 0.25) is 5.82 Å². The zero-order valence-electron chi connectivity index (χ0n) is 16.7. The number of piperidine rings is 1. The van der Waals surface area contributed by atoms with Crippen LogP contribution in [0.1, 0.15) is 60.5 Å². The number of nitrogens with zero attached hydrogens (tertiary/aromatic N) is 4. The van der Waals surface area contributed by atoms with Crippen LogP contribution in [0.4, 0.5) is 4.39 Å². The fraction of sp³-hybridized carbons (Fsp3) is 0.591. The molecule has 1 spiro atoms. The van der Waals surface area contributed by atoms with Gasteiger partial charge in [-0.2, -0.15) is 0 Å². The zero-order valence-corrected chi connectivity index (χ0v) is 16.7. The highest BCUT2D eigenvalue weighted by molar-refractivity contribution is 5.91. The Balaban J connectivity index is 1.24. The van der Waals surface area contributed by atoms with E-state index >= 15 is 0 Å². The van der Waals surface area contributed by atoms with Gasteiger partial charge in [0.1, 0.15) is 11.6 Å². The Labute approximate surface area is 170 Å². The largest absolute Gasteiger partial charge is 0.347 e. The van der Waals surface area contributed by atoms with E-state index in [1.165, 1.54) is 12.5 Å². The summed E-state index contributed by atoms with van der Waals surface area (Å²) in [7, 11) is 0. The quantitative estimate of drug-likeness (QED) is 0.862. The molecule has 7 heteroatoms. The van der Waals surface area contributed by atoms with Crippen molar-refractivity contribution in [2.24, 2.45) is 5.41 Å². The first kappa shape index (κ1) is 18.7. The number of carbonyl (C=O) groups is 1. The van der Waals surface area contributed by atoms with E-state index in [1.54, 1.807) is 12.1 Å². The topological polar surface area (TPSA) is 63.1 Å². The van der Waals surface area contributed by atoms with Gasteiger partial charge < -0.3 is 9.88 Å². The molecule has 0 atom stereocenters. The number of aryl methyl sites for hydroxylation is 1. The number of benzene rings is 1. The second-order valence-electron chi connectivity index (χ2n) is 9.03. The summed E-state index contributed by atoms with van der Waals surface area (Å²) in [5.41, 5.74) is 1.24. The minimum absolute atomic E-state index is 0.0750. The van der Waals surface area contributed by atoms with Crippen LogP contribution in [0.15, 0.2) is 24.3 Å². The molecule has 0 bridgehead atoms. The lowest BCUT2D eigenvalue weighted by molar-refractivity contribution is 0.0615. The Morgan fingerprint density at radius 1 is 1.21 bits per heavy atom. The molecule has 2 aromatic rings. The Kier molecular flexibility index (Phi) is 4.86. The van der Waals surface area contributed by atoms with Gasteiger partial charge in [0.15, 0.2) is 0 Å². The highest BCUT2D eigenvalue weighted by Gasteiger charge is 2.40. The summed E-state index contributed by atoms with van der Waals surface area (Å²) in [5.74, 6) is 1.18. The molecule has 1 aromatic carbocycles. The van der Waals surface area contributed by atoms with Crippen LogP contribution in [-0.4, -0.2) is 44.7 Å². The van der Waals surface area contributed by atoms with Crippen LogP contribution in [0.5, 0.6) is 0 Å². The van der Waals surface area contributed by atoms with Crippen molar-refractivity contribution >= 4 is 5.91 Å². The number of hydrogen-bond acceptors (Lipinski definition) is 4. The first-order chi connectivity index (χ1) is 14.1. The van der Waals surface area contributed by atoms with Crippen molar-refractivity contribution in [3.05, 3.63) is 47.3 Å². The van der Waals surface area contributed by atoms with Gasteiger partial charge in [0.05, 0.1) is 0 Å². The van der Waals surface area contributed by atoms with Crippen molar-refractivity contribution in [1.82, 2.24) is 25.0 Å². The van der Waals surface area contributed by atoms with E-state index in [1.807, 2.05) is 6.07 Å². The number of aromatic nitrogens is 3. The molecule has 0 unspecified atom stereocenters. The number of halogens is 1. The summed E-state index contributed by atoms with van der Waals surface area (Å²) < 4.78 is 15.5. The van der Waals surface area contributed by atoms with Gasteiger partial charge in [-0.05, 0) is 74.7 Å². The van der Waals surface area contributed by atoms with E-state index in [0.29, 0.717) is 11.9 Å². The first-order valence-corrected chi connectivity index (χ1v) is 10.8. The van der Waals surface area contributed by atoms with Crippen molar-refractivity contribution in [3.63, 3.8) is 0 Å². The summed E-state index contributed by atoms with van der Waals surface area (Å²) in [6.45, 7) is 3.62. The van der Waals surface area contributed by atoms with Gasteiger partial charge in [0.25, 0.3) is 5.91 Å². The number of fused-ring (bicyclic) bond motifs is 1. The lowest BCUT2D eigenvalue weighted by Gasteiger charge is -2.44. The summed E-state index contributed by atoms with van der Waals surface area (Å²) in [4.78, 5) is 15.1. The van der Waals surface area contributed by atoms with Crippen LogP contribution in [0.3, 0.4) is 0 Å². The molecule has 1 N–H and O–H groups in total. The third-order valence-corrected chi connectivity index (χ3v) is 7.06. The van der Waals surface area contributed by atoms with Crippen molar-refractivity contribution < 1.29 is 9.18 Å². The number of carbonyl (C=O) groups excluding carboxylic acids is 1. The smallest absolute Gasteiger partial charge is 0.289 e. The molecule has 1 saturated heterocycles. The van der Waals surface area contributed by atoms with E-state index in [4.69, 9.17) is 0 Å². The van der Waals surface area contributed by atoms with Crippen molar-refractivity contribution in [2.45, 2.75) is 64.1 Å². The third kappa shape index (κ3) is 3.80. The normalized spacial score (nSPS) is 21.6. The molecule has 1 saturated carbocycles. The minimum atomic E-state index is -0.170. The van der Waals surface area contributed by atoms with E-state index in [-0.39, 0.29) is 17.1 Å².